The molecular weight excluding hydrogens is 370 g/mol. The average molecular weight is 393 g/mol. The van der Waals surface area contributed by atoms with E-state index in [1.165, 1.54) is 23.0 Å². The number of nitrogens with one attached hydrogen (secondary N) is 2. The zero-order chi connectivity index (χ0) is 20.4. The number of anilines is 1. The molecule has 0 bridgehead atoms. The van der Waals surface area contributed by atoms with E-state index in [-0.39, 0.29) is 18.2 Å². The van der Waals surface area contributed by atoms with Crippen LogP contribution < -0.4 is 19.7 Å². The van der Waals surface area contributed by atoms with E-state index < -0.39 is 6.04 Å². The average Bonchev–Trinajstić information content (AvgIpc) is 3.28. The van der Waals surface area contributed by atoms with Gasteiger partial charge in [0, 0.05) is 29.7 Å². The number of hydrogen-bond acceptors (Lipinski definition) is 5. The van der Waals surface area contributed by atoms with Crippen LogP contribution in [0.2, 0.25) is 0 Å². The zero-order valence-corrected chi connectivity index (χ0v) is 16.4. The molecule has 150 valence electrons. The Labute approximate surface area is 168 Å². The van der Waals surface area contributed by atoms with Crippen molar-refractivity contribution in [1.29, 1.82) is 0 Å². The predicted molar refractivity (Wildman–Crippen MR) is 110 cm³/mol. The van der Waals surface area contributed by atoms with Gasteiger partial charge in [0.2, 0.25) is 5.91 Å². The number of aromatic nitrogens is 1. The van der Waals surface area contributed by atoms with E-state index in [1.807, 2.05) is 24.4 Å². The molecule has 1 aromatic heterocycles. The molecule has 1 atom stereocenters. The maximum Gasteiger partial charge on any atom is 0.251 e. The summed E-state index contributed by atoms with van der Waals surface area (Å²) in [5.74, 6) is 0.504. The fraction of sp³-hybridized carbons (Fsp3) is 0.273. The minimum Gasteiger partial charge on any atom is -0.497 e. The van der Waals surface area contributed by atoms with Gasteiger partial charge in [-0.25, -0.2) is 4.90 Å². The van der Waals surface area contributed by atoms with Crippen molar-refractivity contribution in [3.8, 4) is 11.5 Å². The van der Waals surface area contributed by atoms with Crippen LogP contribution in [0.25, 0.3) is 10.9 Å². The molecule has 2 N–H and O–H groups in total. The van der Waals surface area contributed by atoms with Crippen LogP contribution in [0, 0.1) is 0 Å². The van der Waals surface area contributed by atoms with E-state index in [0.29, 0.717) is 23.7 Å². The Bertz CT molecular complexity index is 1060. The lowest BCUT2D eigenvalue weighted by Gasteiger charge is -2.19. The second-order valence-electron chi connectivity index (χ2n) is 6.93. The first-order valence-corrected chi connectivity index (χ1v) is 9.49. The van der Waals surface area contributed by atoms with Crippen LogP contribution in [0.5, 0.6) is 11.5 Å². The number of hydrogen-bond donors (Lipinski definition) is 2. The summed E-state index contributed by atoms with van der Waals surface area (Å²) in [5.41, 5.74) is 2.70. The minimum absolute atomic E-state index is 0.127. The number of amides is 2. The number of ether oxygens (including phenoxy) is 2. The summed E-state index contributed by atoms with van der Waals surface area (Å²) in [4.78, 5) is 29.9. The van der Waals surface area contributed by atoms with Crippen LogP contribution in [0.4, 0.5) is 5.69 Å². The highest BCUT2D eigenvalue weighted by Gasteiger charge is 2.40. The monoisotopic (exact) mass is 393 g/mol. The molecule has 0 aliphatic carbocycles. The van der Waals surface area contributed by atoms with E-state index in [1.54, 1.807) is 25.3 Å². The van der Waals surface area contributed by atoms with Gasteiger partial charge < -0.3 is 19.8 Å². The van der Waals surface area contributed by atoms with E-state index in [9.17, 15) is 9.59 Å². The smallest absolute Gasteiger partial charge is 0.251 e. The third kappa shape index (κ3) is 3.56. The zero-order valence-electron chi connectivity index (χ0n) is 16.4. The molecule has 0 spiro atoms. The summed E-state index contributed by atoms with van der Waals surface area (Å²) in [6, 6.07) is 12.6. The Kier molecular flexibility index (Phi) is 5.22. The van der Waals surface area contributed by atoms with Gasteiger partial charge in [-0.2, -0.15) is 0 Å². The number of methoxy groups -OCH3 is 2. The fourth-order valence-corrected chi connectivity index (χ4v) is 3.73. The summed E-state index contributed by atoms with van der Waals surface area (Å²) in [6.07, 6.45) is 2.87. The summed E-state index contributed by atoms with van der Waals surface area (Å²) in [6.45, 7) is 0.596. The lowest BCUT2D eigenvalue weighted by molar-refractivity contribution is -0.121. The van der Waals surface area contributed by atoms with Crippen molar-refractivity contribution in [3.63, 3.8) is 0 Å². The molecule has 2 aromatic carbocycles. The molecule has 2 heterocycles. The molecule has 2 amide bonds. The van der Waals surface area contributed by atoms with E-state index in [2.05, 4.69) is 16.4 Å². The second kappa shape index (κ2) is 7.97. The number of benzene rings is 2. The number of rotatable bonds is 7. The molecule has 4 rings (SSSR count). The standard InChI is InChI=1S/C22H23N3O4/c1-28-15-7-8-19(20(11-15)29-2)25-21(26)12-18(22(25)27)23-10-9-14-13-24-17-6-4-3-5-16(14)17/h3-8,11,13,18,23-24H,9-10,12H2,1-2H3/t18-/m1/s1. The van der Waals surface area contributed by atoms with Crippen LogP contribution in [-0.2, 0) is 16.0 Å². The first-order chi connectivity index (χ1) is 14.1. The van der Waals surface area contributed by atoms with E-state index in [0.717, 1.165) is 11.9 Å². The molecule has 0 saturated carbocycles. The molecule has 0 unspecified atom stereocenters. The first kappa shape index (κ1) is 19.0. The molecular formula is C22H23N3O4. The highest BCUT2D eigenvalue weighted by atomic mass is 16.5. The number of para-hydroxylation sites is 1. The molecule has 29 heavy (non-hydrogen) atoms. The highest BCUT2D eigenvalue weighted by Crippen LogP contribution is 2.35. The quantitative estimate of drug-likeness (QED) is 0.603. The van der Waals surface area contributed by atoms with Crippen molar-refractivity contribution in [2.45, 2.75) is 18.9 Å². The van der Waals surface area contributed by atoms with Crippen molar-refractivity contribution in [1.82, 2.24) is 10.3 Å². The topological polar surface area (TPSA) is 83.7 Å². The number of aromatic amines is 1. The van der Waals surface area contributed by atoms with Gasteiger partial charge in [0.25, 0.3) is 5.91 Å². The fourth-order valence-electron chi connectivity index (χ4n) is 3.73. The Balaban J connectivity index is 1.44. The van der Waals surface area contributed by atoms with Gasteiger partial charge in [0.15, 0.2) is 0 Å². The molecule has 1 fully saturated rings. The van der Waals surface area contributed by atoms with Crippen LogP contribution in [0.1, 0.15) is 12.0 Å². The van der Waals surface area contributed by atoms with Crippen molar-refractivity contribution < 1.29 is 19.1 Å². The maximum atomic E-state index is 12.9. The van der Waals surface area contributed by atoms with Gasteiger partial charge in [-0.15, -0.1) is 0 Å². The Hall–Kier alpha value is -3.32. The number of carbonyl (C=O) groups is 2. The molecule has 3 aromatic rings. The van der Waals surface area contributed by atoms with E-state index in [4.69, 9.17) is 9.47 Å². The summed E-state index contributed by atoms with van der Waals surface area (Å²) in [7, 11) is 3.05. The number of fused-ring (bicyclic) bond motifs is 1. The normalized spacial score (nSPS) is 16.6. The lowest BCUT2D eigenvalue weighted by atomic mass is 10.1. The predicted octanol–water partition coefficient (Wildman–Crippen LogP) is 2.65. The second-order valence-corrected chi connectivity index (χ2v) is 6.93. The lowest BCUT2D eigenvalue weighted by Crippen LogP contribution is -2.39. The maximum absolute atomic E-state index is 12.9. The minimum atomic E-state index is -0.542. The number of imide groups is 1. The Morgan fingerprint density at radius 2 is 1.97 bits per heavy atom. The molecule has 7 heteroatoms. The van der Waals surface area contributed by atoms with Gasteiger partial charge in [-0.1, -0.05) is 18.2 Å². The SMILES string of the molecule is COc1ccc(N2C(=O)C[C@@H](NCCc3c[nH]c4ccccc34)C2=O)c(OC)c1. The van der Waals surface area contributed by atoms with E-state index >= 15 is 0 Å². The molecule has 7 nitrogen and oxygen atoms in total. The third-order valence-corrected chi connectivity index (χ3v) is 5.23. The highest BCUT2D eigenvalue weighted by molar-refractivity contribution is 6.23. The van der Waals surface area contributed by atoms with Crippen LogP contribution in [0.15, 0.2) is 48.7 Å². The van der Waals surface area contributed by atoms with Crippen LogP contribution in [-0.4, -0.2) is 43.6 Å². The van der Waals surface area contributed by atoms with Gasteiger partial charge >= 0.3 is 0 Å². The summed E-state index contributed by atoms with van der Waals surface area (Å²) >= 11 is 0. The van der Waals surface area contributed by atoms with Crippen molar-refractivity contribution in [2.24, 2.45) is 0 Å². The Morgan fingerprint density at radius 1 is 1.14 bits per heavy atom. The Morgan fingerprint density at radius 3 is 2.76 bits per heavy atom. The van der Waals surface area contributed by atoms with Gasteiger partial charge in [0.05, 0.1) is 32.4 Å². The molecule has 1 aliphatic heterocycles. The summed E-state index contributed by atoms with van der Waals surface area (Å²) in [5, 5.41) is 4.41. The molecule has 1 saturated heterocycles. The number of carbonyl (C=O) groups excluding carboxylic acids is 2. The van der Waals surface area contributed by atoms with Crippen molar-refractivity contribution >= 4 is 28.4 Å². The largest absolute Gasteiger partial charge is 0.497 e. The van der Waals surface area contributed by atoms with Crippen LogP contribution >= 0.6 is 0 Å². The number of nitrogens with zero attached hydrogens (tertiary/aromatic N) is 1. The summed E-state index contributed by atoms with van der Waals surface area (Å²) < 4.78 is 10.5. The molecule has 1 aliphatic rings. The first-order valence-electron chi connectivity index (χ1n) is 9.49. The van der Waals surface area contributed by atoms with Gasteiger partial charge in [-0.05, 0) is 30.2 Å². The van der Waals surface area contributed by atoms with Gasteiger partial charge in [0.1, 0.15) is 11.5 Å². The van der Waals surface area contributed by atoms with Crippen molar-refractivity contribution in [3.05, 3.63) is 54.2 Å². The van der Waals surface area contributed by atoms with Crippen molar-refractivity contribution in [2.75, 3.05) is 25.7 Å². The molecule has 0 radical (unpaired) electrons. The number of H-pyrrole nitrogens is 1. The van der Waals surface area contributed by atoms with Gasteiger partial charge in [-0.3, -0.25) is 9.59 Å². The third-order valence-electron chi connectivity index (χ3n) is 5.23. The van der Waals surface area contributed by atoms with Crippen LogP contribution in [0.3, 0.4) is 0 Å².